The van der Waals surface area contributed by atoms with Crippen molar-refractivity contribution in [2.45, 2.75) is 0 Å². The second kappa shape index (κ2) is 3.36. The fourth-order valence-corrected chi connectivity index (χ4v) is 0. The quantitative estimate of drug-likeness (QED) is 0.262. The summed E-state index contributed by atoms with van der Waals surface area (Å²) in [4.78, 5) is 0. The van der Waals surface area contributed by atoms with Gasteiger partial charge in [0, 0.05) is 0 Å². The van der Waals surface area contributed by atoms with Crippen molar-refractivity contribution in [1.82, 2.24) is 0 Å². The maximum absolute atomic E-state index is 3.53. The van der Waals surface area contributed by atoms with Crippen LogP contribution in [0.25, 0.3) is 0 Å². The molecule has 0 heterocycles. The van der Waals surface area contributed by atoms with E-state index >= 15 is 0 Å². The van der Waals surface area contributed by atoms with E-state index in [0.717, 1.165) is 0 Å². The summed E-state index contributed by atoms with van der Waals surface area (Å²) < 4.78 is 3.53. The van der Waals surface area contributed by atoms with Gasteiger partial charge in [-0.05, 0) is 0 Å². The molecule has 4 heavy (non-hydrogen) atoms. The van der Waals surface area contributed by atoms with Crippen molar-refractivity contribution in [1.29, 1.82) is 0 Å². The summed E-state index contributed by atoms with van der Waals surface area (Å²) in [5, 5.41) is 0. The first-order valence-corrected chi connectivity index (χ1v) is 1.61. The van der Waals surface area contributed by atoms with E-state index in [1.807, 2.05) is 7.74 Å². The van der Waals surface area contributed by atoms with Crippen LogP contribution >= 0.6 is 9.39 Å². The molecule has 0 spiro atoms. The molecule has 0 aliphatic carbocycles. The minimum absolute atomic E-state index is 1.71. The van der Waals surface area contributed by atoms with Crippen molar-refractivity contribution in [3.63, 3.8) is 0 Å². The summed E-state index contributed by atoms with van der Waals surface area (Å²) in [6.45, 7) is 1.71. The Morgan fingerprint density at radius 3 is 2.25 bits per heavy atom. The van der Waals surface area contributed by atoms with Crippen molar-refractivity contribution in [2.75, 3.05) is 0 Å². The summed E-state index contributed by atoms with van der Waals surface area (Å²) in [5.74, 6) is 0. The third-order valence-corrected chi connectivity index (χ3v) is 0.447. The first-order chi connectivity index (χ1) is 1.91. The second-order valence-corrected chi connectivity index (χ2v) is 0.705. The molecule has 0 saturated carbocycles. The zero-order chi connectivity index (χ0) is 3.41. The van der Waals surface area contributed by atoms with Crippen molar-refractivity contribution >= 4 is 24.1 Å². The van der Waals surface area contributed by atoms with Crippen LogP contribution < -0.4 is 0 Å². The normalized spacial score (nSPS) is 7.25. The zero-order valence-electron chi connectivity index (χ0n) is 2.60. The van der Waals surface area contributed by atoms with Crippen molar-refractivity contribution in [2.24, 2.45) is 4.67 Å². The summed E-state index contributed by atoms with van der Waals surface area (Å²) in [6, 6.07) is 0. The second-order valence-electron chi connectivity index (χ2n) is 0.407. The van der Waals surface area contributed by atoms with E-state index in [1.165, 1.54) is 0 Å². The fourth-order valence-electron chi connectivity index (χ4n) is 0. The molecular formula is H4B2NP. The van der Waals surface area contributed by atoms with E-state index in [9.17, 15) is 0 Å². The van der Waals surface area contributed by atoms with E-state index in [-0.39, 0.29) is 0 Å². The Balaban J connectivity index is 2.55. The Morgan fingerprint density at radius 2 is 2.25 bits per heavy atom. The average molecular weight is 70.6 g/mol. The molecule has 0 aliphatic heterocycles. The Morgan fingerprint density at radius 1 is 2.00 bits per heavy atom. The molecule has 0 N–H and O–H groups in total. The molecule has 1 atom stereocenters. The van der Waals surface area contributed by atoms with Gasteiger partial charge in [0.1, 0.15) is 0 Å². The van der Waals surface area contributed by atoms with Gasteiger partial charge in [0.2, 0.25) is 0 Å². The van der Waals surface area contributed by atoms with Crippen molar-refractivity contribution < 1.29 is 0 Å². The molecule has 20 valence electrons. The van der Waals surface area contributed by atoms with Crippen LogP contribution in [0.3, 0.4) is 0 Å². The molecule has 0 rings (SSSR count). The SMILES string of the molecule is BB=NP. The standard InChI is InChI=1S/B2H4NP/c1-2-3-4/h1,4H2. The fraction of sp³-hybridized carbons (Fsp3) is 0. The Bertz CT molecular complexity index is 21.2. The first-order valence-electron chi connectivity index (χ1n) is 1.09. The van der Waals surface area contributed by atoms with Crippen molar-refractivity contribution in [3.05, 3.63) is 0 Å². The minimum atomic E-state index is 1.71. The molecular weight excluding hydrogens is 66.6 g/mol. The predicted molar refractivity (Wildman–Crippen MR) is 26.4 cm³/mol. The zero-order valence-corrected chi connectivity index (χ0v) is 3.76. The van der Waals surface area contributed by atoms with Crippen molar-refractivity contribution in [3.8, 4) is 0 Å². The van der Waals surface area contributed by atoms with Crippen LogP contribution in [-0.4, -0.2) is 14.7 Å². The van der Waals surface area contributed by atoms with Crippen LogP contribution in [0.5, 0.6) is 0 Å². The average Bonchev–Trinajstić information content (AvgIpc) is 1.37. The van der Waals surface area contributed by atoms with Gasteiger partial charge in [0.05, 0.1) is 0 Å². The van der Waals surface area contributed by atoms with Gasteiger partial charge in [0.25, 0.3) is 0 Å². The van der Waals surface area contributed by atoms with Crippen LogP contribution in [0.4, 0.5) is 0 Å². The van der Waals surface area contributed by atoms with E-state index in [2.05, 4.69) is 14.1 Å². The van der Waals surface area contributed by atoms with E-state index in [0.29, 0.717) is 0 Å². The van der Waals surface area contributed by atoms with Crippen LogP contribution in [0.1, 0.15) is 0 Å². The number of rotatable bonds is 0. The summed E-state index contributed by atoms with van der Waals surface area (Å²) >= 11 is 0. The first kappa shape index (κ1) is 4.36. The number of hydrogen-bond donors (Lipinski definition) is 0. The third kappa shape index (κ3) is 2.36. The molecule has 4 heteroatoms. The van der Waals surface area contributed by atoms with Crippen LogP contribution in [0, 0.1) is 0 Å². The monoisotopic (exact) mass is 71.0 g/mol. The number of hydrogen-bond acceptors (Lipinski definition) is 1. The number of nitrogens with zero attached hydrogens (tertiary/aromatic N) is 1. The molecule has 0 saturated heterocycles. The van der Waals surface area contributed by atoms with Crippen LogP contribution in [-0.2, 0) is 0 Å². The molecule has 0 aromatic carbocycles. The van der Waals surface area contributed by atoms with Gasteiger partial charge in [-0.2, -0.15) is 0 Å². The van der Waals surface area contributed by atoms with Crippen LogP contribution in [0.15, 0.2) is 4.67 Å². The molecule has 1 nitrogen and oxygen atoms in total. The summed E-state index contributed by atoms with van der Waals surface area (Å²) in [7, 11) is 4.09. The van der Waals surface area contributed by atoms with Gasteiger partial charge in [-0.1, -0.05) is 0 Å². The van der Waals surface area contributed by atoms with Gasteiger partial charge >= 0.3 is 28.8 Å². The molecule has 1 unspecified atom stereocenters. The van der Waals surface area contributed by atoms with Gasteiger partial charge < -0.3 is 0 Å². The summed E-state index contributed by atoms with van der Waals surface area (Å²) in [5.41, 5.74) is 0. The third-order valence-electron chi connectivity index (χ3n) is 0.149. The molecule has 0 fully saturated rings. The summed E-state index contributed by atoms with van der Waals surface area (Å²) in [6.07, 6.45) is 0. The Kier molecular flexibility index (Phi) is 3.66. The Hall–Kier alpha value is 0.360. The van der Waals surface area contributed by atoms with Crippen LogP contribution in [0.2, 0.25) is 0 Å². The molecule has 0 amide bonds. The van der Waals surface area contributed by atoms with E-state index < -0.39 is 0 Å². The van der Waals surface area contributed by atoms with E-state index in [4.69, 9.17) is 0 Å². The molecule has 0 aliphatic rings. The predicted octanol–water partition coefficient (Wildman–Crippen LogP) is -0.788. The van der Waals surface area contributed by atoms with Gasteiger partial charge in [-0.3, -0.25) is 0 Å². The maximum atomic E-state index is 3.53. The van der Waals surface area contributed by atoms with Gasteiger partial charge in [0.15, 0.2) is 0 Å². The molecule has 0 bridgehead atoms. The van der Waals surface area contributed by atoms with Gasteiger partial charge in [-0.25, -0.2) is 0 Å². The molecule has 0 radical (unpaired) electrons. The molecule has 0 aromatic heterocycles. The van der Waals surface area contributed by atoms with E-state index in [1.54, 1.807) is 6.96 Å². The van der Waals surface area contributed by atoms with Gasteiger partial charge in [-0.15, -0.1) is 0 Å². The Labute approximate surface area is 29.8 Å². The molecule has 0 aromatic rings. The topological polar surface area (TPSA) is 12.4 Å².